The fourth-order valence-corrected chi connectivity index (χ4v) is 6.39. The van der Waals surface area contributed by atoms with Crippen molar-refractivity contribution >= 4 is 5.71 Å². The monoisotopic (exact) mass is 455 g/mol. The molecule has 0 aromatic heterocycles. The van der Waals surface area contributed by atoms with Gasteiger partial charge in [0.25, 0.3) is 0 Å². The number of hydrogen-bond acceptors (Lipinski definition) is 4. The summed E-state index contributed by atoms with van der Waals surface area (Å²) in [7, 11) is 0. The van der Waals surface area contributed by atoms with E-state index in [9.17, 15) is 15.4 Å². The van der Waals surface area contributed by atoms with Gasteiger partial charge in [0.2, 0.25) is 0 Å². The van der Waals surface area contributed by atoms with Gasteiger partial charge in [-0.05, 0) is 79.8 Å². The van der Waals surface area contributed by atoms with E-state index in [4.69, 9.17) is 0 Å². The zero-order valence-corrected chi connectivity index (χ0v) is 21.4. The number of oxime groups is 1. The maximum atomic E-state index is 10.2. The van der Waals surface area contributed by atoms with Gasteiger partial charge in [0.15, 0.2) is 0 Å². The zero-order chi connectivity index (χ0) is 24.4. The van der Waals surface area contributed by atoms with Crippen LogP contribution < -0.4 is 0 Å². The fraction of sp³-hybridized carbons (Fsp3) is 0.690. The van der Waals surface area contributed by atoms with E-state index >= 15 is 0 Å². The molecule has 0 spiro atoms. The van der Waals surface area contributed by atoms with E-state index in [0.29, 0.717) is 24.7 Å². The number of aliphatic hydroxyl groups is 2. The second-order valence-electron chi connectivity index (χ2n) is 11.9. The number of fused-ring (bicyclic) bond motifs is 1. The van der Waals surface area contributed by atoms with Gasteiger partial charge in [0, 0.05) is 11.8 Å². The summed E-state index contributed by atoms with van der Waals surface area (Å²) >= 11 is 0. The SMILES string of the molecule is C=C1/C(=C\C=C2/CCC[C@]3(C)C([C@H](C)CCC/C(=N/O)C(C)(C)C)=CC[C@@H]23)C[C@@H](O)C[C@@H]1O. The molecule has 0 radical (unpaired) electrons. The lowest BCUT2D eigenvalue weighted by Crippen LogP contribution is -2.32. The number of allylic oxidation sites excluding steroid dienone is 5. The Kier molecular flexibility index (Phi) is 8.11. The van der Waals surface area contributed by atoms with Crippen LogP contribution in [0.4, 0.5) is 0 Å². The largest absolute Gasteiger partial charge is 0.411 e. The van der Waals surface area contributed by atoms with Crippen LogP contribution >= 0.6 is 0 Å². The van der Waals surface area contributed by atoms with Crippen LogP contribution in [0.25, 0.3) is 0 Å². The second kappa shape index (κ2) is 10.3. The molecule has 2 fully saturated rings. The topological polar surface area (TPSA) is 73.1 Å². The van der Waals surface area contributed by atoms with Crippen molar-refractivity contribution in [3.05, 3.63) is 47.1 Å². The first kappa shape index (κ1) is 26.0. The molecule has 0 heterocycles. The quantitative estimate of drug-likeness (QED) is 0.180. The molecular weight excluding hydrogens is 410 g/mol. The van der Waals surface area contributed by atoms with Gasteiger partial charge in [-0.3, -0.25) is 0 Å². The maximum Gasteiger partial charge on any atom is 0.0811 e. The summed E-state index contributed by atoms with van der Waals surface area (Å²) in [5.41, 5.74) is 5.86. The van der Waals surface area contributed by atoms with Crippen molar-refractivity contribution in [2.24, 2.45) is 27.8 Å². The van der Waals surface area contributed by atoms with E-state index in [2.05, 4.69) is 64.6 Å². The van der Waals surface area contributed by atoms with Crippen molar-refractivity contribution in [1.82, 2.24) is 0 Å². The number of rotatable bonds is 6. The summed E-state index contributed by atoms with van der Waals surface area (Å²) in [4.78, 5) is 0. The number of nitrogens with zero attached hydrogens (tertiary/aromatic N) is 1. The summed E-state index contributed by atoms with van der Waals surface area (Å²) in [6.45, 7) is 15.2. The summed E-state index contributed by atoms with van der Waals surface area (Å²) in [6.07, 6.45) is 14.4. The van der Waals surface area contributed by atoms with Crippen LogP contribution in [0.2, 0.25) is 0 Å². The molecule has 2 saturated carbocycles. The van der Waals surface area contributed by atoms with Crippen LogP contribution in [0.15, 0.2) is 52.3 Å². The third-order valence-corrected chi connectivity index (χ3v) is 8.44. The van der Waals surface area contributed by atoms with Gasteiger partial charge in [-0.1, -0.05) is 75.7 Å². The van der Waals surface area contributed by atoms with Crippen molar-refractivity contribution in [2.45, 2.75) is 105 Å². The smallest absolute Gasteiger partial charge is 0.0811 e. The first-order valence-electron chi connectivity index (χ1n) is 12.8. The standard InChI is InChI=1S/C29H45NO3/c1-19(9-7-11-27(30-33)28(3,4)5)24-14-15-25-21(10-8-16-29(24,25)6)12-13-22-17-23(31)18-26(32)20(22)2/h12-14,19,23,25-26,31-33H,2,7-11,15-18H2,1,3-6H3/b21-12+,22-13-,30-27-/t19-,23-,25+,26+,29-/m1/s1. The fourth-order valence-electron chi connectivity index (χ4n) is 6.39. The zero-order valence-electron chi connectivity index (χ0n) is 21.4. The summed E-state index contributed by atoms with van der Waals surface area (Å²) in [6, 6.07) is 0. The van der Waals surface area contributed by atoms with Gasteiger partial charge in [-0.25, -0.2) is 0 Å². The Labute approximate surface area is 200 Å². The lowest BCUT2D eigenvalue weighted by Gasteiger charge is -2.42. The van der Waals surface area contributed by atoms with Crippen LogP contribution in [-0.4, -0.2) is 33.3 Å². The molecule has 5 atom stereocenters. The molecule has 3 rings (SSSR count). The molecule has 0 saturated heterocycles. The van der Waals surface area contributed by atoms with Crippen molar-refractivity contribution < 1.29 is 15.4 Å². The molecule has 184 valence electrons. The molecule has 3 aliphatic rings. The molecule has 0 aromatic carbocycles. The molecular formula is C29H45NO3. The van der Waals surface area contributed by atoms with E-state index < -0.39 is 12.2 Å². The third-order valence-electron chi connectivity index (χ3n) is 8.44. The maximum absolute atomic E-state index is 10.2. The van der Waals surface area contributed by atoms with Gasteiger partial charge >= 0.3 is 0 Å². The minimum absolute atomic E-state index is 0.0883. The Morgan fingerprint density at radius 3 is 2.70 bits per heavy atom. The van der Waals surface area contributed by atoms with Crippen molar-refractivity contribution in [3.8, 4) is 0 Å². The minimum Gasteiger partial charge on any atom is -0.411 e. The minimum atomic E-state index is -0.634. The van der Waals surface area contributed by atoms with E-state index in [1.807, 2.05) is 0 Å². The molecule has 4 heteroatoms. The first-order valence-corrected chi connectivity index (χ1v) is 12.8. The molecule has 3 aliphatic carbocycles. The Balaban J connectivity index is 1.68. The lowest BCUT2D eigenvalue weighted by atomic mass is 9.62. The van der Waals surface area contributed by atoms with Gasteiger partial charge in [-0.2, -0.15) is 0 Å². The highest BCUT2D eigenvalue weighted by Gasteiger charge is 2.45. The van der Waals surface area contributed by atoms with Gasteiger partial charge in [0.1, 0.15) is 0 Å². The van der Waals surface area contributed by atoms with Crippen LogP contribution in [-0.2, 0) is 0 Å². The lowest BCUT2D eigenvalue weighted by molar-refractivity contribution is 0.0862. The molecule has 4 nitrogen and oxygen atoms in total. The first-order chi connectivity index (χ1) is 15.5. The molecule has 0 aromatic rings. The molecule has 33 heavy (non-hydrogen) atoms. The average molecular weight is 456 g/mol. The van der Waals surface area contributed by atoms with E-state index in [0.717, 1.165) is 49.0 Å². The molecule has 0 aliphatic heterocycles. The van der Waals surface area contributed by atoms with Gasteiger partial charge in [-0.15, -0.1) is 0 Å². The number of aliphatic hydroxyl groups excluding tert-OH is 2. The predicted molar refractivity (Wildman–Crippen MR) is 136 cm³/mol. The van der Waals surface area contributed by atoms with Crippen LogP contribution in [0, 0.1) is 22.7 Å². The van der Waals surface area contributed by atoms with Crippen molar-refractivity contribution in [3.63, 3.8) is 0 Å². The third kappa shape index (κ3) is 5.71. The van der Waals surface area contributed by atoms with Crippen molar-refractivity contribution in [2.75, 3.05) is 0 Å². The highest BCUT2D eigenvalue weighted by Crippen LogP contribution is 2.57. The molecule has 0 amide bonds. The predicted octanol–water partition coefficient (Wildman–Crippen LogP) is 6.73. The molecule has 3 N–H and O–H groups in total. The van der Waals surface area contributed by atoms with Gasteiger partial charge in [0.05, 0.1) is 17.9 Å². The van der Waals surface area contributed by atoms with Gasteiger partial charge < -0.3 is 15.4 Å². The van der Waals surface area contributed by atoms with Crippen molar-refractivity contribution in [1.29, 1.82) is 0 Å². The summed E-state index contributed by atoms with van der Waals surface area (Å²) < 4.78 is 0. The molecule has 0 unspecified atom stereocenters. The van der Waals surface area contributed by atoms with E-state index in [-0.39, 0.29) is 10.8 Å². The van der Waals surface area contributed by atoms with Crippen LogP contribution in [0.3, 0.4) is 0 Å². The Hall–Kier alpha value is -1.65. The highest BCUT2D eigenvalue weighted by molar-refractivity contribution is 5.88. The normalized spacial score (nSPS) is 34.5. The van der Waals surface area contributed by atoms with E-state index in [1.54, 1.807) is 5.57 Å². The Morgan fingerprint density at radius 1 is 1.30 bits per heavy atom. The second-order valence-corrected chi connectivity index (χ2v) is 11.9. The number of hydrogen-bond donors (Lipinski definition) is 3. The molecule has 0 bridgehead atoms. The Bertz CT molecular complexity index is 857. The van der Waals surface area contributed by atoms with Crippen LogP contribution in [0.5, 0.6) is 0 Å². The van der Waals surface area contributed by atoms with Crippen LogP contribution in [0.1, 0.15) is 92.4 Å². The average Bonchev–Trinajstić information content (AvgIpc) is 3.09. The van der Waals surface area contributed by atoms with E-state index in [1.165, 1.54) is 18.4 Å². The summed E-state index contributed by atoms with van der Waals surface area (Å²) in [5.74, 6) is 1.07. The highest BCUT2D eigenvalue weighted by atomic mass is 16.4. The summed E-state index contributed by atoms with van der Waals surface area (Å²) in [5, 5.41) is 33.2. The Morgan fingerprint density at radius 2 is 2.03 bits per heavy atom.